The summed E-state index contributed by atoms with van der Waals surface area (Å²) in [4.78, 5) is 12.9. The molecule has 0 radical (unpaired) electrons. The normalized spacial score (nSPS) is 12.3. The minimum atomic E-state index is -0.461. The van der Waals surface area contributed by atoms with Crippen molar-refractivity contribution in [2.45, 2.75) is 47.2 Å². The molecule has 0 aliphatic heterocycles. The van der Waals surface area contributed by atoms with Crippen molar-refractivity contribution < 1.29 is 4.79 Å². The van der Waals surface area contributed by atoms with Crippen LogP contribution in [0.4, 0.5) is 5.69 Å². The number of aromatic nitrogens is 4. The molecule has 0 saturated heterocycles. The Morgan fingerprint density at radius 2 is 1.79 bits per heavy atom. The molecular weight excluding hydrogens is 477 g/mol. The van der Waals surface area contributed by atoms with Crippen LogP contribution in [0.15, 0.2) is 22.7 Å². The molecule has 0 aliphatic carbocycles. The van der Waals surface area contributed by atoms with Crippen molar-refractivity contribution in [1.29, 1.82) is 0 Å². The highest BCUT2D eigenvalue weighted by Gasteiger charge is 2.23. The van der Waals surface area contributed by atoms with Gasteiger partial charge < -0.3 is 5.32 Å². The van der Waals surface area contributed by atoms with Crippen LogP contribution >= 0.6 is 39.1 Å². The molecule has 6 nitrogen and oxygen atoms in total. The summed E-state index contributed by atoms with van der Waals surface area (Å²) in [6.45, 7) is 9.99. The number of nitrogens with zero attached hydrogens (tertiary/aromatic N) is 4. The van der Waals surface area contributed by atoms with Gasteiger partial charge in [-0.05, 0) is 68.2 Å². The number of amides is 1. The Morgan fingerprint density at radius 1 is 1.10 bits per heavy atom. The zero-order chi connectivity index (χ0) is 21.5. The van der Waals surface area contributed by atoms with E-state index >= 15 is 0 Å². The number of halogens is 3. The van der Waals surface area contributed by atoms with Crippen molar-refractivity contribution in [3.8, 4) is 0 Å². The highest BCUT2D eigenvalue weighted by atomic mass is 79.9. The van der Waals surface area contributed by atoms with Crippen LogP contribution in [0.25, 0.3) is 0 Å². The van der Waals surface area contributed by atoms with Crippen LogP contribution in [0.3, 0.4) is 0 Å². The summed E-state index contributed by atoms with van der Waals surface area (Å²) in [6, 6.07) is 5.03. The lowest BCUT2D eigenvalue weighted by atomic mass is 10.2. The molecule has 1 amide bonds. The van der Waals surface area contributed by atoms with E-state index in [9.17, 15) is 4.79 Å². The van der Waals surface area contributed by atoms with Gasteiger partial charge >= 0.3 is 0 Å². The number of nitrogens with one attached hydrogen (secondary N) is 1. The third-order valence-corrected chi connectivity index (χ3v) is 6.82. The fourth-order valence-electron chi connectivity index (χ4n) is 3.20. The number of aryl methyl sites for hydroxylation is 2. The molecule has 0 saturated carbocycles. The van der Waals surface area contributed by atoms with Crippen LogP contribution in [-0.4, -0.2) is 25.5 Å². The molecule has 3 rings (SSSR count). The topological polar surface area (TPSA) is 64.7 Å². The molecule has 2 heterocycles. The van der Waals surface area contributed by atoms with E-state index in [1.54, 1.807) is 10.7 Å². The SMILES string of the molecule is Cc1nn(C(C)C(=O)Nc2c(C)nn(Cc3ccc(Cl)c(Cl)c3)c2C)c(C)c1Br. The lowest BCUT2D eigenvalue weighted by Gasteiger charge is -2.15. The zero-order valence-corrected chi connectivity index (χ0v) is 19.9. The summed E-state index contributed by atoms with van der Waals surface area (Å²) in [5.74, 6) is -0.150. The number of benzene rings is 1. The molecule has 0 fully saturated rings. The van der Waals surface area contributed by atoms with E-state index in [0.717, 1.165) is 32.8 Å². The lowest BCUT2D eigenvalue weighted by Crippen LogP contribution is -2.25. The van der Waals surface area contributed by atoms with Gasteiger partial charge in [-0.2, -0.15) is 10.2 Å². The largest absolute Gasteiger partial charge is 0.321 e. The van der Waals surface area contributed by atoms with E-state index in [1.165, 1.54) is 0 Å². The molecule has 9 heteroatoms. The number of carbonyl (C=O) groups excluding carboxylic acids is 1. The highest BCUT2D eigenvalue weighted by molar-refractivity contribution is 9.10. The average Bonchev–Trinajstić information content (AvgIpc) is 3.08. The molecule has 154 valence electrons. The van der Waals surface area contributed by atoms with E-state index in [2.05, 4.69) is 31.4 Å². The standard InChI is InChI=1S/C20H22BrCl2N5O/c1-10-18(21)12(3)28(26-10)14(5)20(29)24-19-11(2)25-27(13(19)4)9-15-6-7-16(22)17(23)8-15/h6-8,14H,9H2,1-5H3,(H,24,29). The van der Waals surface area contributed by atoms with Gasteiger partial charge in [-0.3, -0.25) is 14.2 Å². The van der Waals surface area contributed by atoms with Crippen LogP contribution < -0.4 is 5.32 Å². The second-order valence-electron chi connectivity index (χ2n) is 7.05. The number of anilines is 1. The first-order valence-corrected chi connectivity index (χ1v) is 10.6. The van der Waals surface area contributed by atoms with Gasteiger partial charge in [0.15, 0.2) is 0 Å². The van der Waals surface area contributed by atoms with Crippen LogP contribution in [0, 0.1) is 27.7 Å². The van der Waals surface area contributed by atoms with E-state index in [-0.39, 0.29) is 5.91 Å². The summed E-state index contributed by atoms with van der Waals surface area (Å²) in [6.07, 6.45) is 0. The highest BCUT2D eigenvalue weighted by Crippen LogP contribution is 2.27. The van der Waals surface area contributed by atoms with Crippen LogP contribution in [0.2, 0.25) is 10.0 Å². The van der Waals surface area contributed by atoms with Gasteiger partial charge in [0.2, 0.25) is 5.91 Å². The molecule has 1 aromatic carbocycles. The van der Waals surface area contributed by atoms with E-state index in [4.69, 9.17) is 23.2 Å². The van der Waals surface area contributed by atoms with Gasteiger partial charge in [-0.1, -0.05) is 29.3 Å². The Hall–Kier alpha value is -1.83. The van der Waals surface area contributed by atoms with Crippen molar-refractivity contribution in [2.75, 3.05) is 5.32 Å². The minimum Gasteiger partial charge on any atom is -0.321 e. The molecule has 0 bridgehead atoms. The van der Waals surface area contributed by atoms with Gasteiger partial charge in [0, 0.05) is 0 Å². The second kappa shape index (κ2) is 8.50. The lowest BCUT2D eigenvalue weighted by molar-refractivity contribution is -0.119. The summed E-state index contributed by atoms with van der Waals surface area (Å²) in [7, 11) is 0. The predicted molar refractivity (Wildman–Crippen MR) is 120 cm³/mol. The average molecular weight is 499 g/mol. The number of rotatable bonds is 5. The van der Waals surface area contributed by atoms with Gasteiger partial charge in [-0.15, -0.1) is 0 Å². The Labute approximate surface area is 188 Å². The molecule has 29 heavy (non-hydrogen) atoms. The summed E-state index contributed by atoms with van der Waals surface area (Å²) in [5.41, 5.74) is 5.06. The Balaban J connectivity index is 1.81. The molecule has 3 aromatic rings. The summed E-state index contributed by atoms with van der Waals surface area (Å²) < 4.78 is 4.48. The summed E-state index contributed by atoms with van der Waals surface area (Å²) >= 11 is 15.6. The molecule has 0 spiro atoms. The molecule has 2 aromatic heterocycles. The first kappa shape index (κ1) is 21.9. The number of carbonyl (C=O) groups is 1. The fourth-order valence-corrected chi connectivity index (χ4v) is 3.78. The number of hydrogen-bond donors (Lipinski definition) is 1. The third kappa shape index (κ3) is 4.37. The van der Waals surface area contributed by atoms with Crippen molar-refractivity contribution >= 4 is 50.7 Å². The second-order valence-corrected chi connectivity index (χ2v) is 8.65. The maximum absolute atomic E-state index is 12.9. The van der Waals surface area contributed by atoms with E-state index in [0.29, 0.717) is 22.3 Å². The summed E-state index contributed by atoms with van der Waals surface area (Å²) in [5, 5.41) is 13.1. The molecule has 0 aliphatic rings. The quantitative estimate of drug-likeness (QED) is 0.495. The van der Waals surface area contributed by atoms with Gasteiger partial charge in [0.05, 0.1) is 49.5 Å². The molecule has 1 N–H and O–H groups in total. The Morgan fingerprint density at radius 3 is 2.38 bits per heavy atom. The van der Waals surface area contributed by atoms with Crippen molar-refractivity contribution in [1.82, 2.24) is 19.6 Å². The first-order chi connectivity index (χ1) is 13.6. The van der Waals surface area contributed by atoms with Gasteiger partial charge in [0.25, 0.3) is 0 Å². The van der Waals surface area contributed by atoms with Gasteiger partial charge in [0.1, 0.15) is 6.04 Å². The van der Waals surface area contributed by atoms with Crippen molar-refractivity contribution in [3.63, 3.8) is 0 Å². The maximum atomic E-state index is 12.9. The smallest absolute Gasteiger partial charge is 0.249 e. The number of hydrogen-bond acceptors (Lipinski definition) is 3. The first-order valence-electron chi connectivity index (χ1n) is 9.10. The monoisotopic (exact) mass is 497 g/mol. The minimum absolute atomic E-state index is 0.150. The third-order valence-electron chi connectivity index (χ3n) is 4.93. The molecule has 1 unspecified atom stereocenters. The predicted octanol–water partition coefficient (Wildman–Crippen LogP) is 5.63. The fraction of sp³-hybridized carbons (Fsp3) is 0.350. The Bertz CT molecular complexity index is 1090. The van der Waals surface area contributed by atoms with E-state index in [1.807, 2.05) is 51.4 Å². The van der Waals surface area contributed by atoms with E-state index < -0.39 is 6.04 Å². The maximum Gasteiger partial charge on any atom is 0.249 e. The van der Waals surface area contributed by atoms with Crippen molar-refractivity contribution in [3.05, 3.63) is 61.1 Å². The van der Waals surface area contributed by atoms with Crippen LogP contribution in [0.5, 0.6) is 0 Å². The van der Waals surface area contributed by atoms with Crippen LogP contribution in [-0.2, 0) is 11.3 Å². The van der Waals surface area contributed by atoms with Crippen molar-refractivity contribution in [2.24, 2.45) is 0 Å². The van der Waals surface area contributed by atoms with Crippen LogP contribution in [0.1, 0.15) is 41.3 Å². The zero-order valence-electron chi connectivity index (χ0n) is 16.8. The van der Waals surface area contributed by atoms with Gasteiger partial charge in [-0.25, -0.2) is 0 Å². The molecular formula is C20H22BrCl2N5O. The molecule has 1 atom stereocenters. The Kier molecular flexibility index (Phi) is 6.41.